The Kier molecular flexibility index (Phi) is 5.54. The lowest BCUT2D eigenvalue weighted by Crippen LogP contribution is -2.13. The fraction of sp³-hybridized carbons (Fsp3) is 0.160. The maximum Gasteiger partial charge on any atom is 0.269 e. The van der Waals surface area contributed by atoms with Crippen LogP contribution in [0.3, 0.4) is 0 Å². The van der Waals surface area contributed by atoms with E-state index in [0.29, 0.717) is 5.56 Å². The molecule has 0 saturated heterocycles. The number of anilines is 1. The summed E-state index contributed by atoms with van der Waals surface area (Å²) in [6.07, 6.45) is 4.86. The van der Waals surface area contributed by atoms with Crippen molar-refractivity contribution in [1.29, 1.82) is 0 Å². The molecule has 1 aliphatic rings. The Morgan fingerprint density at radius 2 is 1.77 bits per heavy atom. The van der Waals surface area contributed by atoms with Gasteiger partial charge in [-0.15, -0.1) is 0 Å². The van der Waals surface area contributed by atoms with Crippen molar-refractivity contribution in [3.8, 4) is 5.75 Å². The van der Waals surface area contributed by atoms with Crippen molar-refractivity contribution in [1.82, 2.24) is 0 Å². The highest BCUT2D eigenvalue weighted by molar-refractivity contribution is 5.99. The molecule has 0 fully saturated rings. The van der Waals surface area contributed by atoms with Gasteiger partial charge in [0.25, 0.3) is 5.69 Å². The van der Waals surface area contributed by atoms with Crippen molar-refractivity contribution in [2.45, 2.75) is 13.0 Å². The maximum atomic E-state index is 12.4. The molecule has 0 spiro atoms. The van der Waals surface area contributed by atoms with E-state index in [0.717, 1.165) is 29.1 Å². The summed E-state index contributed by atoms with van der Waals surface area (Å²) in [5.74, 6) is -0.197. The molecule has 1 heterocycles. The van der Waals surface area contributed by atoms with E-state index in [-0.39, 0.29) is 18.0 Å². The van der Waals surface area contributed by atoms with Crippen LogP contribution in [-0.2, 0) is 13.0 Å². The van der Waals surface area contributed by atoms with E-state index >= 15 is 0 Å². The molecule has 0 amide bonds. The van der Waals surface area contributed by atoms with Crippen LogP contribution in [-0.4, -0.2) is 29.3 Å². The van der Waals surface area contributed by atoms with Gasteiger partial charge in [0, 0.05) is 55.2 Å². The number of non-ortho nitro benzene ring substituents is 1. The molecule has 6 nitrogen and oxygen atoms in total. The van der Waals surface area contributed by atoms with Crippen molar-refractivity contribution in [3.05, 3.63) is 99.6 Å². The van der Waals surface area contributed by atoms with Gasteiger partial charge in [-0.25, -0.2) is 0 Å². The standard InChI is InChI=1S/C25H23N3O3/c1-26(2)21-10-7-18(8-11-21)9-12-22-15-19-5-3-4-6-24(19)27(22)17-20-16-23(28(30)31)13-14-25(20)29/h3-14,16H,15,17H2,1-2H3. The summed E-state index contributed by atoms with van der Waals surface area (Å²) in [4.78, 5) is 12.7. The number of hydrogen-bond acceptors (Lipinski definition) is 4. The predicted molar refractivity (Wildman–Crippen MR) is 121 cm³/mol. The summed E-state index contributed by atoms with van der Waals surface area (Å²) in [6.45, 7) is 0.288. The van der Waals surface area contributed by atoms with Gasteiger partial charge in [-0.2, -0.15) is 4.58 Å². The summed E-state index contributed by atoms with van der Waals surface area (Å²) in [7, 11) is 4.01. The van der Waals surface area contributed by atoms with Gasteiger partial charge in [-0.05, 0) is 23.8 Å². The van der Waals surface area contributed by atoms with Gasteiger partial charge in [0.05, 0.1) is 11.3 Å². The number of rotatable bonds is 6. The van der Waals surface area contributed by atoms with Crippen LogP contribution in [0.5, 0.6) is 5.75 Å². The van der Waals surface area contributed by atoms with Crippen molar-refractivity contribution >= 4 is 28.8 Å². The van der Waals surface area contributed by atoms with Gasteiger partial charge in [0.15, 0.2) is 12.3 Å². The number of allylic oxidation sites excluding steroid dienone is 1. The number of nitrogens with zero attached hydrogens (tertiary/aromatic N) is 3. The summed E-state index contributed by atoms with van der Waals surface area (Å²) < 4.78 is 2.07. The SMILES string of the molecule is CN(C)c1ccc(/C=C/C2=[N+](Cc3cc([N+](=O)[O-])ccc3[O-])c3ccccc3C2)cc1. The van der Waals surface area contributed by atoms with Gasteiger partial charge < -0.3 is 10.0 Å². The average Bonchev–Trinajstić information content (AvgIpc) is 3.11. The molecule has 6 heteroatoms. The largest absolute Gasteiger partial charge is 0.872 e. The zero-order valence-electron chi connectivity index (χ0n) is 17.5. The lowest BCUT2D eigenvalue weighted by molar-refractivity contribution is -0.455. The number of benzene rings is 3. The van der Waals surface area contributed by atoms with Gasteiger partial charge >= 0.3 is 0 Å². The molecule has 0 atom stereocenters. The Morgan fingerprint density at radius 3 is 2.48 bits per heavy atom. The van der Waals surface area contributed by atoms with Crippen molar-refractivity contribution in [2.75, 3.05) is 19.0 Å². The van der Waals surface area contributed by atoms with E-state index in [2.05, 4.69) is 52.0 Å². The maximum absolute atomic E-state index is 12.4. The Labute approximate surface area is 181 Å². The Morgan fingerprint density at radius 1 is 1.03 bits per heavy atom. The minimum Gasteiger partial charge on any atom is -0.872 e. The van der Waals surface area contributed by atoms with Crippen molar-refractivity contribution in [3.63, 3.8) is 0 Å². The van der Waals surface area contributed by atoms with Crippen LogP contribution in [0.25, 0.3) is 6.08 Å². The molecule has 3 aromatic rings. The van der Waals surface area contributed by atoms with E-state index < -0.39 is 4.92 Å². The second kappa shape index (κ2) is 8.44. The van der Waals surface area contributed by atoms with Crippen LogP contribution in [0.2, 0.25) is 0 Å². The first-order chi connectivity index (χ1) is 14.9. The Bertz CT molecular complexity index is 1190. The van der Waals surface area contributed by atoms with Crippen LogP contribution in [0.1, 0.15) is 16.7 Å². The van der Waals surface area contributed by atoms with E-state index in [4.69, 9.17) is 0 Å². The molecule has 0 aromatic heterocycles. The minimum absolute atomic E-state index is 0.0693. The fourth-order valence-electron chi connectivity index (χ4n) is 3.75. The van der Waals surface area contributed by atoms with Crippen LogP contribution in [0, 0.1) is 10.1 Å². The highest BCUT2D eigenvalue weighted by Gasteiger charge is 2.28. The fourth-order valence-corrected chi connectivity index (χ4v) is 3.75. The number of nitro benzene ring substituents is 1. The summed E-state index contributed by atoms with van der Waals surface area (Å²) in [6, 6.07) is 20.2. The molecule has 4 rings (SSSR count). The van der Waals surface area contributed by atoms with Crippen LogP contribution >= 0.6 is 0 Å². The zero-order chi connectivity index (χ0) is 22.0. The first kappa shape index (κ1) is 20.3. The second-order valence-corrected chi connectivity index (χ2v) is 7.75. The normalized spacial score (nSPS) is 13.0. The molecule has 0 aliphatic carbocycles. The number of para-hydroxylation sites is 1. The zero-order valence-corrected chi connectivity index (χ0v) is 17.5. The molecule has 3 aromatic carbocycles. The predicted octanol–water partition coefficient (Wildman–Crippen LogP) is 4.29. The highest BCUT2D eigenvalue weighted by atomic mass is 16.6. The van der Waals surface area contributed by atoms with Gasteiger partial charge in [0.2, 0.25) is 5.69 Å². The quantitative estimate of drug-likeness (QED) is 0.343. The van der Waals surface area contributed by atoms with Crippen molar-refractivity contribution in [2.24, 2.45) is 0 Å². The molecule has 0 unspecified atom stereocenters. The highest BCUT2D eigenvalue weighted by Crippen LogP contribution is 2.30. The van der Waals surface area contributed by atoms with E-state index in [1.54, 1.807) is 0 Å². The van der Waals surface area contributed by atoms with Crippen LogP contribution in [0.15, 0.2) is 72.8 Å². The van der Waals surface area contributed by atoms with Gasteiger partial charge in [-0.1, -0.05) is 42.1 Å². The molecule has 0 radical (unpaired) electrons. The number of nitro groups is 1. The van der Waals surface area contributed by atoms with E-state index in [1.165, 1.54) is 23.8 Å². The molecule has 0 bridgehead atoms. The second-order valence-electron chi connectivity index (χ2n) is 7.75. The van der Waals surface area contributed by atoms with E-state index in [9.17, 15) is 15.2 Å². The third kappa shape index (κ3) is 4.33. The van der Waals surface area contributed by atoms with Gasteiger partial charge in [-0.3, -0.25) is 10.1 Å². The molecule has 31 heavy (non-hydrogen) atoms. The molecule has 0 saturated carbocycles. The molecule has 0 N–H and O–H groups in total. The average molecular weight is 413 g/mol. The van der Waals surface area contributed by atoms with E-state index in [1.807, 2.05) is 32.3 Å². The molecular weight excluding hydrogens is 390 g/mol. The summed E-state index contributed by atoms with van der Waals surface area (Å²) >= 11 is 0. The molecular formula is C25H23N3O3. The molecule has 1 aliphatic heterocycles. The summed E-state index contributed by atoms with van der Waals surface area (Å²) in [5.41, 5.74) is 5.79. The van der Waals surface area contributed by atoms with Gasteiger partial charge in [0.1, 0.15) is 0 Å². The van der Waals surface area contributed by atoms with Crippen LogP contribution < -0.4 is 10.0 Å². The first-order valence-corrected chi connectivity index (χ1v) is 10.0. The first-order valence-electron chi connectivity index (χ1n) is 10.0. The Balaban J connectivity index is 1.69. The topological polar surface area (TPSA) is 72.5 Å². The lowest BCUT2D eigenvalue weighted by Gasteiger charge is -2.12. The Hall–Kier alpha value is -3.93. The number of hydrogen-bond donors (Lipinski definition) is 0. The smallest absolute Gasteiger partial charge is 0.269 e. The minimum atomic E-state index is -0.469. The van der Waals surface area contributed by atoms with Crippen molar-refractivity contribution < 1.29 is 14.6 Å². The lowest BCUT2D eigenvalue weighted by atomic mass is 10.1. The third-order valence-electron chi connectivity index (χ3n) is 5.46. The van der Waals surface area contributed by atoms with Crippen LogP contribution in [0.4, 0.5) is 17.1 Å². The summed E-state index contributed by atoms with van der Waals surface area (Å²) in [5, 5.41) is 23.5. The monoisotopic (exact) mass is 413 g/mol. The molecule has 156 valence electrons. The third-order valence-corrected chi connectivity index (χ3v) is 5.46. The number of fused-ring (bicyclic) bond motifs is 1.